The van der Waals surface area contributed by atoms with E-state index in [4.69, 9.17) is 0 Å². The number of benzene rings is 1. The van der Waals surface area contributed by atoms with Crippen LogP contribution in [0, 0.1) is 0 Å². The van der Waals surface area contributed by atoms with Gasteiger partial charge in [-0.05, 0) is 30.0 Å². The van der Waals surface area contributed by atoms with Crippen LogP contribution < -0.4 is 0 Å². The predicted octanol–water partition coefficient (Wildman–Crippen LogP) is 4.32. The molecule has 0 aliphatic carbocycles. The lowest BCUT2D eigenvalue weighted by atomic mass is 10.2. The van der Waals surface area contributed by atoms with Crippen molar-refractivity contribution >= 4 is 28.2 Å². The first kappa shape index (κ1) is 14.0. The molecule has 21 heavy (non-hydrogen) atoms. The maximum atomic E-state index is 12.0. The first-order chi connectivity index (χ1) is 10.3. The molecule has 0 N–H and O–H groups in total. The third-order valence-electron chi connectivity index (χ3n) is 3.63. The number of aromatic nitrogens is 2. The number of imidazole rings is 1. The van der Waals surface area contributed by atoms with Gasteiger partial charge in [0.2, 0.25) is 0 Å². The van der Waals surface area contributed by atoms with Crippen LogP contribution in [0.15, 0.2) is 41.8 Å². The van der Waals surface area contributed by atoms with Crippen LogP contribution in [-0.4, -0.2) is 15.3 Å². The topological polar surface area (TPSA) is 34.9 Å². The van der Waals surface area contributed by atoms with Gasteiger partial charge in [0.25, 0.3) is 0 Å². The van der Waals surface area contributed by atoms with Gasteiger partial charge in [0.05, 0.1) is 15.9 Å². The molecule has 2 aromatic heterocycles. The van der Waals surface area contributed by atoms with Crippen LogP contribution >= 0.6 is 11.3 Å². The lowest BCUT2D eigenvalue weighted by Crippen LogP contribution is -2.05. The summed E-state index contributed by atoms with van der Waals surface area (Å²) in [5.74, 6) is 1.34. The first-order valence-electron chi connectivity index (χ1n) is 7.30. The fraction of sp³-hybridized carbons (Fsp3) is 0.294. The van der Waals surface area contributed by atoms with E-state index in [1.165, 1.54) is 11.3 Å². The van der Waals surface area contributed by atoms with Crippen LogP contribution in [0.5, 0.6) is 0 Å². The summed E-state index contributed by atoms with van der Waals surface area (Å²) in [7, 11) is 0. The molecule has 0 radical (unpaired) electrons. The van der Waals surface area contributed by atoms with E-state index >= 15 is 0 Å². The summed E-state index contributed by atoms with van der Waals surface area (Å²) in [6.45, 7) is 2.97. The van der Waals surface area contributed by atoms with Gasteiger partial charge in [-0.2, -0.15) is 0 Å². The predicted molar refractivity (Wildman–Crippen MR) is 87.0 cm³/mol. The molecule has 0 fully saturated rings. The van der Waals surface area contributed by atoms with Gasteiger partial charge in [0.15, 0.2) is 5.78 Å². The minimum atomic E-state index is 0.243. The lowest BCUT2D eigenvalue weighted by molar-refractivity contribution is 0.0982. The number of thiophene rings is 1. The van der Waals surface area contributed by atoms with Crippen molar-refractivity contribution in [1.29, 1.82) is 0 Å². The highest BCUT2D eigenvalue weighted by Gasteiger charge is 2.10. The standard InChI is InChI=1S/C17H18N2OS/c1-2-17-18-13-7-3-4-8-14(13)19(17)11-5-9-15(20)16-10-6-12-21-16/h3-4,6-8,10,12H,2,5,9,11H2,1H3. The average molecular weight is 298 g/mol. The van der Waals surface area contributed by atoms with Gasteiger partial charge < -0.3 is 4.57 Å². The highest BCUT2D eigenvalue weighted by atomic mass is 32.1. The normalized spacial score (nSPS) is 11.1. The quantitative estimate of drug-likeness (QED) is 0.635. The van der Waals surface area contributed by atoms with Crippen molar-refractivity contribution in [2.24, 2.45) is 0 Å². The molecule has 3 rings (SSSR count). The fourth-order valence-corrected chi connectivity index (χ4v) is 3.30. The summed E-state index contributed by atoms with van der Waals surface area (Å²) in [4.78, 5) is 17.6. The zero-order valence-electron chi connectivity index (χ0n) is 12.1. The summed E-state index contributed by atoms with van der Waals surface area (Å²) >= 11 is 1.52. The smallest absolute Gasteiger partial charge is 0.172 e. The van der Waals surface area contributed by atoms with Gasteiger partial charge in [-0.3, -0.25) is 4.79 Å². The van der Waals surface area contributed by atoms with Crippen LogP contribution in [-0.2, 0) is 13.0 Å². The Morgan fingerprint density at radius 1 is 1.24 bits per heavy atom. The number of carbonyl (C=O) groups excluding carboxylic acids is 1. The van der Waals surface area contributed by atoms with E-state index < -0.39 is 0 Å². The van der Waals surface area contributed by atoms with Crippen LogP contribution in [0.1, 0.15) is 35.3 Å². The van der Waals surface area contributed by atoms with E-state index in [9.17, 15) is 4.79 Å². The van der Waals surface area contributed by atoms with Gasteiger partial charge in [-0.1, -0.05) is 25.1 Å². The van der Waals surface area contributed by atoms with E-state index in [0.29, 0.717) is 6.42 Å². The average Bonchev–Trinajstić information content (AvgIpc) is 3.14. The molecule has 0 atom stereocenters. The van der Waals surface area contributed by atoms with Gasteiger partial charge >= 0.3 is 0 Å². The minimum Gasteiger partial charge on any atom is -0.328 e. The molecule has 3 aromatic rings. The van der Waals surface area contributed by atoms with Crippen molar-refractivity contribution in [2.45, 2.75) is 32.7 Å². The third-order valence-corrected chi connectivity index (χ3v) is 4.54. The molecule has 0 aliphatic heterocycles. The number of nitrogens with zero attached hydrogens (tertiary/aromatic N) is 2. The van der Waals surface area contributed by atoms with Crippen LogP contribution in [0.25, 0.3) is 11.0 Å². The second kappa shape index (κ2) is 6.22. The van der Waals surface area contributed by atoms with Crippen molar-refractivity contribution in [2.75, 3.05) is 0 Å². The number of fused-ring (bicyclic) bond motifs is 1. The largest absolute Gasteiger partial charge is 0.328 e. The minimum absolute atomic E-state index is 0.243. The van der Waals surface area contributed by atoms with E-state index in [1.807, 2.05) is 35.7 Å². The molecular weight excluding hydrogens is 280 g/mol. The lowest BCUT2D eigenvalue weighted by Gasteiger charge is -2.07. The van der Waals surface area contributed by atoms with Crippen molar-refractivity contribution in [3.8, 4) is 0 Å². The van der Waals surface area contributed by atoms with Crippen LogP contribution in [0.3, 0.4) is 0 Å². The van der Waals surface area contributed by atoms with E-state index in [2.05, 4.69) is 22.5 Å². The van der Waals surface area contributed by atoms with Crippen LogP contribution in [0.2, 0.25) is 0 Å². The third kappa shape index (κ3) is 2.90. The molecule has 1 aromatic carbocycles. The number of para-hydroxylation sites is 2. The summed E-state index contributed by atoms with van der Waals surface area (Å²) in [6.07, 6.45) is 2.35. The van der Waals surface area contributed by atoms with E-state index in [0.717, 1.165) is 41.1 Å². The Balaban J connectivity index is 1.72. The number of aryl methyl sites for hydroxylation is 2. The van der Waals surface area contributed by atoms with Gasteiger partial charge in [0, 0.05) is 19.4 Å². The summed E-state index contributed by atoms with van der Waals surface area (Å²) in [6, 6.07) is 12.0. The van der Waals surface area contributed by atoms with Gasteiger partial charge in [-0.25, -0.2) is 4.98 Å². The Morgan fingerprint density at radius 3 is 2.86 bits per heavy atom. The van der Waals surface area contributed by atoms with E-state index in [-0.39, 0.29) is 5.78 Å². The van der Waals surface area contributed by atoms with Crippen molar-refractivity contribution in [1.82, 2.24) is 9.55 Å². The molecule has 0 saturated heterocycles. The zero-order valence-corrected chi connectivity index (χ0v) is 12.9. The second-order valence-corrected chi connectivity index (χ2v) is 5.97. The van der Waals surface area contributed by atoms with Crippen molar-refractivity contribution in [3.05, 3.63) is 52.5 Å². The maximum Gasteiger partial charge on any atom is 0.172 e. The SMILES string of the molecule is CCc1nc2ccccc2n1CCCC(=O)c1cccs1. The molecule has 0 spiro atoms. The zero-order chi connectivity index (χ0) is 14.7. The van der Waals surface area contributed by atoms with Crippen molar-refractivity contribution < 1.29 is 4.79 Å². The maximum absolute atomic E-state index is 12.0. The Kier molecular flexibility index (Phi) is 4.15. The highest BCUT2D eigenvalue weighted by molar-refractivity contribution is 7.12. The number of hydrogen-bond donors (Lipinski definition) is 0. The highest BCUT2D eigenvalue weighted by Crippen LogP contribution is 2.18. The molecule has 3 nitrogen and oxygen atoms in total. The van der Waals surface area contributed by atoms with Gasteiger partial charge in [0.1, 0.15) is 5.82 Å². The number of carbonyl (C=O) groups is 1. The van der Waals surface area contributed by atoms with E-state index in [1.54, 1.807) is 0 Å². The molecule has 2 heterocycles. The van der Waals surface area contributed by atoms with Crippen molar-refractivity contribution in [3.63, 3.8) is 0 Å². The monoisotopic (exact) mass is 298 g/mol. The Bertz CT molecular complexity index is 743. The summed E-state index contributed by atoms with van der Waals surface area (Å²) in [5.41, 5.74) is 2.21. The second-order valence-electron chi connectivity index (χ2n) is 5.03. The molecule has 0 aliphatic rings. The molecule has 4 heteroatoms. The molecule has 108 valence electrons. The molecule has 0 unspecified atom stereocenters. The fourth-order valence-electron chi connectivity index (χ4n) is 2.60. The molecule has 0 saturated carbocycles. The Morgan fingerprint density at radius 2 is 2.10 bits per heavy atom. The summed E-state index contributed by atoms with van der Waals surface area (Å²) < 4.78 is 2.25. The number of rotatable bonds is 6. The first-order valence-corrected chi connectivity index (χ1v) is 8.18. The molecule has 0 bridgehead atoms. The Hall–Kier alpha value is -1.94. The number of ketones is 1. The number of hydrogen-bond acceptors (Lipinski definition) is 3. The summed E-state index contributed by atoms with van der Waals surface area (Å²) in [5, 5.41) is 1.95. The molecule has 0 amide bonds. The Labute approximate surface area is 128 Å². The number of Topliss-reactive ketones (excluding diaryl/α,β-unsaturated/α-hetero) is 1. The van der Waals surface area contributed by atoms with Gasteiger partial charge in [-0.15, -0.1) is 11.3 Å². The van der Waals surface area contributed by atoms with Crippen LogP contribution in [0.4, 0.5) is 0 Å². The molecular formula is C17H18N2OS.